The number of carbonyl (C=O) groups is 2. The standard InChI is InChI=1S/C21H40O7/c1-5-7-16-25-21(4,26-17-8-6-2)28-18(3)27-20(24)15-13-11-9-10-12-14-19(22)23/h18H,5-17H2,1-4H3,(H,22,23). The van der Waals surface area contributed by atoms with Crippen molar-refractivity contribution in [2.45, 2.75) is 111 Å². The van der Waals surface area contributed by atoms with Crippen molar-refractivity contribution in [2.24, 2.45) is 0 Å². The maximum Gasteiger partial charge on any atom is 0.308 e. The molecule has 28 heavy (non-hydrogen) atoms. The summed E-state index contributed by atoms with van der Waals surface area (Å²) in [5.41, 5.74) is 0. The molecule has 0 radical (unpaired) electrons. The molecule has 0 saturated heterocycles. The van der Waals surface area contributed by atoms with Gasteiger partial charge in [0.1, 0.15) is 0 Å². The van der Waals surface area contributed by atoms with Crippen LogP contribution in [0.5, 0.6) is 0 Å². The van der Waals surface area contributed by atoms with E-state index in [4.69, 9.17) is 24.1 Å². The molecule has 0 heterocycles. The first kappa shape index (κ1) is 26.8. The normalized spacial score (nSPS) is 12.7. The maximum atomic E-state index is 12.0. The minimum Gasteiger partial charge on any atom is -0.481 e. The molecule has 0 aliphatic rings. The molecule has 166 valence electrons. The highest BCUT2D eigenvalue weighted by Gasteiger charge is 2.30. The van der Waals surface area contributed by atoms with Gasteiger partial charge in [0.2, 0.25) is 6.29 Å². The van der Waals surface area contributed by atoms with Gasteiger partial charge in [-0.2, -0.15) is 0 Å². The fourth-order valence-corrected chi connectivity index (χ4v) is 2.56. The summed E-state index contributed by atoms with van der Waals surface area (Å²) in [6.45, 7) is 8.56. The summed E-state index contributed by atoms with van der Waals surface area (Å²) >= 11 is 0. The third kappa shape index (κ3) is 15.8. The number of rotatable bonds is 19. The number of carbonyl (C=O) groups excluding carboxylic acids is 1. The molecule has 1 unspecified atom stereocenters. The molecule has 0 aliphatic heterocycles. The van der Waals surface area contributed by atoms with Gasteiger partial charge in [-0.15, -0.1) is 0 Å². The minimum absolute atomic E-state index is 0.205. The van der Waals surface area contributed by atoms with E-state index in [9.17, 15) is 9.59 Å². The zero-order valence-corrected chi connectivity index (χ0v) is 18.2. The monoisotopic (exact) mass is 404 g/mol. The average Bonchev–Trinajstić information content (AvgIpc) is 2.60. The molecular weight excluding hydrogens is 364 g/mol. The van der Waals surface area contributed by atoms with E-state index in [2.05, 4.69) is 13.8 Å². The van der Waals surface area contributed by atoms with Crippen molar-refractivity contribution in [1.29, 1.82) is 0 Å². The van der Waals surface area contributed by atoms with E-state index >= 15 is 0 Å². The lowest BCUT2D eigenvalue weighted by Gasteiger charge is -2.32. The van der Waals surface area contributed by atoms with Crippen LogP contribution >= 0.6 is 0 Å². The summed E-state index contributed by atoms with van der Waals surface area (Å²) in [4.78, 5) is 22.4. The third-order valence-electron chi connectivity index (χ3n) is 4.17. The summed E-state index contributed by atoms with van der Waals surface area (Å²) in [6.07, 6.45) is 7.62. The van der Waals surface area contributed by atoms with Crippen LogP contribution in [0.1, 0.15) is 98.3 Å². The van der Waals surface area contributed by atoms with E-state index in [1.165, 1.54) is 0 Å². The van der Waals surface area contributed by atoms with Gasteiger partial charge in [-0.05, 0) is 32.6 Å². The maximum absolute atomic E-state index is 12.0. The Bertz CT molecular complexity index is 402. The van der Waals surface area contributed by atoms with Gasteiger partial charge in [0.15, 0.2) is 0 Å². The lowest BCUT2D eigenvalue weighted by atomic mass is 10.1. The Balaban J connectivity index is 4.12. The predicted molar refractivity (Wildman–Crippen MR) is 107 cm³/mol. The second-order valence-electron chi connectivity index (χ2n) is 7.10. The Morgan fingerprint density at radius 3 is 1.86 bits per heavy atom. The van der Waals surface area contributed by atoms with E-state index in [0.29, 0.717) is 26.1 Å². The molecule has 7 heteroatoms. The molecule has 0 saturated carbocycles. The Morgan fingerprint density at radius 2 is 1.36 bits per heavy atom. The van der Waals surface area contributed by atoms with E-state index in [-0.39, 0.29) is 12.4 Å². The van der Waals surface area contributed by atoms with E-state index < -0.39 is 18.2 Å². The van der Waals surface area contributed by atoms with Gasteiger partial charge in [0.25, 0.3) is 5.97 Å². The number of unbranched alkanes of at least 4 members (excludes halogenated alkanes) is 6. The van der Waals surface area contributed by atoms with Gasteiger partial charge in [0.05, 0.1) is 13.2 Å². The van der Waals surface area contributed by atoms with Crippen LogP contribution in [-0.2, 0) is 28.5 Å². The summed E-state index contributed by atoms with van der Waals surface area (Å²) in [7, 11) is 0. The van der Waals surface area contributed by atoms with Crippen molar-refractivity contribution in [2.75, 3.05) is 13.2 Å². The zero-order valence-electron chi connectivity index (χ0n) is 18.2. The van der Waals surface area contributed by atoms with E-state index in [1.807, 2.05) is 0 Å². The highest BCUT2D eigenvalue weighted by Crippen LogP contribution is 2.20. The van der Waals surface area contributed by atoms with Crippen molar-refractivity contribution in [3.8, 4) is 0 Å². The molecule has 1 atom stereocenters. The van der Waals surface area contributed by atoms with E-state index in [0.717, 1.165) is 51.4 Å². The Labute approximate surface area is 170 Å². The van der Waals surface area contributed by atoms with Crippen LogP contribution < -0.4 is 0 Å². The molecule has 0 aromatic rings. The summed E-state index contributed by atoms with van der Waals surface area (Å²) < 4.78 is 22.5. The van der Waals surface area contributed by atoms with Crippen molar-refractivity contribution in [3.63, 3.8) is 0 Å². The summed E-state index contributed by atoms with van der Waals surface area (Å²) in [5, 5.41) is 8.58. The second-order valence-corrected chi connectivity index (χ2v) is 7.10. The van der Waals surface area contributed by atoms with Crippen LogP contribution in [0.3, 0.4) is 0 Å². The summed E-state index contributed by atoms with van der Waals surface area (Å²) in [6, 6.07) is 0. The summed E-state index contributed by atoms with van der Waals surface area (Å²) in [5.74, 6) is -2.31. The third-order valence-corrected chi connectivity index (χ3v) is 4.17. The first-order chi connectivity index (χ1) is 13.3. The Kier molecular flexibility index (Phi) is 16.0. The number of hydrogen-bond donors (Lipinski definition) is 1. The van der Waals surface area contributed by atoms with Gasteiger partial charge in [-0.1, -0.05) is 46.0 Å². The van der Waals surface area contributed by atoms with Crippen LogP contribution in [0, 0.1) is 0 Å². The number of ether oxygens (including phenoxy) is 4. The van der Waals surface area contributed by atoms with Crippen LogP contribution in [0.2, 0.25) is 0 Å². The first-order valence-corrected chi connectivity index (χ1v) is 10.7. The van der Waals surface area contributed by atoms with Gasteiger partial charge in [-0.25, -0.2) is 0 Å². The van der Waals surface area contributed by atoms with Gasteiger partial charge >= 0.3 is 11.9 Å². The van der Waals surface area contributed by atoms with Crippen molar-refractivity contribution >= 4 is 11.9 Å². The molecule has 0 fully saturated rings. The van der Waals surface area contributed by atoms with Crippen LogP contribution in [0.4, 0.5) is 0 Å². The largest absolute Gasteiger partial charge is 0.481 e. The molecule has 0 aromatic carbocycles. The molecule has 0 bridgehead atoms. The number of esters is 1. The second kappa shape index (κ2) is 16.7. The SMILES string of the molecule is CCCCOC(C)(OCCCC)OC(C)OC(=O)CCCCCCCC(=O)O. The molecule has 0 rings (SSSR count). The first-order valence-electron chi connectivity index (χ1n) is 10.7. The highest BCUT2D eigenvalue weighted by molar-refractivity contribution is 5.69. The molecule has 7 nitrogen and oxygen atoms in total. The van der Waals surface area contributed by atoms with Gasteiger partial charge < -0.3 is 19.3 Å². The topological polar surface area (TPSA) is 91.3 Å². The number of hydrogen-bond acceptors (Lipinski definition) is 6. The fourth-order valence-electron chi connectivity index (χ4n) is 2.56. The Morgan fingerprint density at radius 1 is 0.857 bits per heavy atom. The van der Waals surface area contributed by atoms with Gasteiger partial charge in [-0.3, -0.25) is 14.3 Å². The van der Waals surface area contributed by atoms with Crippen molar-refractivity contribution in [3.05, 3.63) is 0 Å². The lowest BCUT2D eigenvalue weighted by Crippen LogP contribution is -2.40. The quantitative estimate of drug-likeness (QED) is 0.184. The fraction of sp³-hybridized carbons (Fsp3) is 0.905. The smallest absolute Gasteiger partial charge is 0.308 e. The molecule has 0 aromatic heterocycles. The zero-order chi connectivity index (χ0) is 21.3. The molecule has 0 amide bonds. The average molecular weight is 405 g/mol. The molecule has 0 aliphatic carbocycles. The van der Waals surface area contributed by atoms with Crippen molar-refractivity contribution < 1.29 is 33.6 Å². The molecule has 0 spiro atoms. The molecular formula is C21H40O7. The van der Waals surface area contributed by atoms with Crippen molar-refractivity contribution in [1.82, 2.24) is 0 Å². The van der Waals surface area contributed by atoms with Crippen LogP contribution in [0.25, 0.3) is 0 Å². The number of carboxylic acids is 1. The Hall–Kier alpha value is -1.18. The number of aliphatic carboxylic acids is 1. The van der Waals surface area contributed by atoms with E-state index in [1.54, 1.807) is 13.8 Å². The van der Waals surface area contributed by atoms with Crippen LogP contribution in [0.15, 0.2) is 0 Å². The predicted octanol–water partition coefficient (Wildman–Crippen LogP) is 5.01. The highest BCUT2D eigenvalue weighted by atomic mass is 16.9. The van der Waals surface area contributed by atoms with Crippen LogP contribution in [-0.4, -0.2) is 42.5 Å². The minimum atomic E-state index is -1.23. The van der Waals surface area contributed by atoms with Gasteiger partial charge in [0, 0.05) is 19.8 Å². The molecule has 1 N–H and O–H groups in total. The lowest BCUT2D eigenvalue weighted by molar-refractivity contribution is -0.403. The number of carboxylic acid groups (broad SMARTS) is 1.